The van der Waals surface area contributed by atoms with Crippen LogP contribution in [-0.4, -0.2) is 48.2 Å². The van der Waals surface area contributed by atoms with E-state index in [9.17, 15) is 5.11 Å². The lowest BCUT2D eigenvalue weighted by molar-refractivity contribution is 0.102. The molecule has 1 aromatic rings. The Balaban J connectivity index is 1.81. The predicted molar refractivity (Wildman–Crippen MR) is 64.0 cm³/mol. The summed E-state index contributed by atoms with van der Waals surface area (Å²) >= 11 is 0. The zero-order valence-electron chi connectivity index (χ0n) is 9.69. The van der Waals surface area contributed by atoms with E-state index < -0.39 is 0 Å². The Morgan fingerprint density at radius 2 is 1.88 bits per heavy atom. The van der Waals surface area contributed by atoms with E-state index in [1.807, 2.05) is 18.2 Å². The first-order valence-corrected chi connectivity index (χ1v) is 5.69. The number of nitrogens with zero attached hydrogens (tertiary/aromatic N) is 2. The quantitative estimate of drug-likeness (QED) is 0.786. The van der Waals surface area contributed by atoms with Crippen molar-refractivity contribution >= 4 is 0 Å². The molecule has 2 N–H and O–H groups in total. The van der Waals surface area contributed by atoms with E-state index in [2.05, 4.69) is 22.4 Å². The molecule has 1 heterocycles. The van der Waals surface area contributed by atoms with Crippen molar-refractivity contribution in [3.63, 3.8) is 0 Å². The molecule has 4 heteroatoms. The SMILES string of the molecule is CN1CCN(NCc2ccccc2O)CC1. The second-order valence-corrected chi connectivity index (χ2v) is 4.25. The lowest BCUT2D eigenvalue weighted by atomic mass is 10.2. The van der Waals surface area contributed by atoms with Crippen LogP contribution in [0.2, 0.25) is 0 Å². The molecule has 0 atom stereocenters. The standard InChI is InChI=1S/C12H19N3O/c1-14-6-8-15(9-7-14)13-10-11-4-2-3-5-12(11)16/h2-5,13,16H,6-10H2,1H3. The van der Waals surface area contributed by atoms with Crippen LogP contribution in [0.5, 0.6) is 5.75 Å². The number of hydrogen-bond acceptors (Lipinski definition) is 4. The minimum Gasteiger partial charge on any atom is -0.508 e. The summed E-state index contributed by atoms with van der Waals surface area (Å²) < 4.78 is 0. The van der Waals surface area contributed by atoms with Gasteiger partial charge in [-0.3, -0.25) is 5.43 Å². The van der Waals surface area contributed by atoms with Gasteiger partial charge in [0.2, 0.25) is 0 Å². The van der Waals surface area contributed by atoms with E-state index in [4.69, 9.17) is 0 Å². The van der Waals surface area contributed by atoms with Gasteiger partial charge >= 0.3 is 0 Å². The average molecular weight is 221 g/mol. The lowest BCUT2D eigenvalue weighted by Gasteiger charge is -2.32. The van der Waals surface area contributed by atoms with E-state index in [1.54, 1.807) is 6.07 Å². The zero-order valence-corrected chi connectivity index (χ0v) is 9.69. The highest BCUT2D eigenvalue weighted by Crippen LogP contribution is 2.15. The molecule has 2 rings (SSSR count). The van der Waals surface area contributed by atoms with Crippen molar-refractivity contribution in [1.82, 2.24) is 15.3 Å². The van der Waals surface area contributed by atoms with Gasteiger partial charge in [0, 0.05) is 38.3 Å². The van der Waals surface area contributed by atoms with Crippen molar-refractivity contribution in [2.45, 2.75) is 6.54 Å². The Bertz CT molecular complexity index is 335. The van der Waals surface area contributed by atoms with E-state index >= 15 is 0 Å². The molecule has 0 unspecified atom stereocenters. The summed E-state index contributed by atoms with van der Waals surface area (Å²) in [6, 6.07) is 7.45. The minimum atomic E-state index is 0.365. The number of benzene rings is 1. The number of phenolic OH excluding ortho intramolecular Hbond substituents is 1. The van der Waals surface area contributed by atoms with Crippen molar-refractivity contribution in [2.75, 3.05) is 33.2 Å². The average Bonchev–Trinajstić information content (AvgIpc) is 2.30. The van der Waals surface area contributed by atoms with Gasteiger partial charge in [-0.15, -0.1) is 0 Å². The number of likely N-dealkylation sites (N-methyl/N-ethyl adjacent to an activating group) is 1. The number of piperazine rings is 1. The minimum absolute atomic E-state index is 0.365. The molecule has 0 bridgehead atoms. The van der Waals surface area contributed by atoms with Gasteiger partial charge in [0.1, 0.15) is 5.75 Å². The first kappa shape index (κ1) is 11.4. The monoisotopic (exact) mass is 221 g/mol. The lowest BCUT2D eigenvalue weighted by Crippen LogP contribution is -2.50. The van der Waals surface area contributed by atoms with Gasteiger partial charge < -0.3 is 10.0 Å². The Morgan fingerprint density at radius 1 is 1.19 bits per heavy atom. The van der Waals surface area contributed by atoms with Gasteiger partial charge in [-0.25, -0.2) is 5.01 Å². The summed E-state index contributed by atoms with van der Waals surface area (Å²) in [7, 11) is 2.14. The highest BCUT2D eigenvalue weighted by Gasteiger charge is 2.13. The topological polar surface area (TPSA) is 38.7 Å². The second kappa shape index (κ2) is 5.30. The summed E-state index contributed by atoms with van der Waals surface area (Å²) in [5.74, 6) is 0.365. The number of hydrazine groups is 1. The molecular formula is C12H19N3O. The van der Waals surface area contributed by atoms with Crippen LogP contribution >= 0.6 is 0 Å². The fourth-order valence-corrected chi connectivity index (χ4v) is 1.82. The summed E-state index contributed by atoms with van der Waals surface area (Å²) in [5.41, 5.74) is 4.29. The van der Waals surface area contributed by atoms with Crippen LogP contribution in [0.1, 0.15) is 5.56 Å². The molecule has 16 heavy (non-hydrogen) atoms. The largest absolute Gasteiger partial charge is 0.508 e. The second-order valence-electron chi connectivity index (χ2n) is 4.25. The van der Waals surface area contributed by atoms with Crippen molar-refractivity contribution in [3.05, 3.63) is 29.8 Å². The maximum Gasteiger partial charge on any atom is 0.120 e. The Morgan fingerprint density at radius 3 is 2.56 bits per heavy atom. The van der Waals surface area contributed by atoms with Crippen LogP contribution in [0.25, 0.3) is 0 Å². The molecule has 0 spiro atoms. The van der Waals surface area contributed by atoms with Crippen LogP contribution < -0.4 is 5.43 Å². The molecule has 0 aliphatic carbocycles. The third-order valence-electron chi connectivity index (χ3n) is 2.99. The van der Waals surface area contributed by atoms with E-state index in [0.29, 0.717) is 12.3 Å². The molecule has 0 amide bonds. The van der Waals surface area contributed by atoms with E-state index in [0.717, 1.165) is 31.7 Å². The first-order chi connectivity index (χ1) is 7.75. The molecular weight excluding hydrogens is 202 g/mol. The molecule has 1 aliphatic rings. The van der Waals surface area contributed by atoms with Crippen LogP contribution in [0.15, 0.2) is 24.3 Å². The predicted octanol–water partition coefficient (Wildman–Crippen LogP) is 0.644. The number of nitrogens with one attached hydrogen (secondary N) is 1. The van der Waals surface area contributed by atoms with Crippen molar-refractivity contribution in [2.24, 2.45) is 0 Å². The van der Waals surface area contributed by atoms with Crippen molar-refractivity contribution in [3.8, 4) is 5.75 Å². The number of rotatable bonds is 3. The summed E-state index contributed by atoms with van der Waals surface area (Å²) in [4.78, 5) is 2.32. The molecule has 0 aromatic heterocycles. The molecule has 1 aliphatic heterocycles. The molecule has 88 valence electrons. The summed E-state index contributed by atoms with van der Waals surface area (Å²) in [6.45, 7) is 4.94. The van der Waals surface area contributed by atoms with Crippen LogP contribution in [0, 0.1) is 0 Å². The number of aromatic hydroxyl groups is 1. The highest BCUT2D eigenvalue weighted by molar-refractivity contribution is 5.31. The van der Waals surface area contributed by atoms with Gasteiger partial charge in [0.25, 0.3) is 0 Å². The van der Waals surface area contributed by atoms with Gasteiger partial charge in [-0.05, 0) is 13.1 Å². The Kier molecular flexibility index (Phi) is 3.77. The molecule has 1 fully saturated rings. The first-order valence-electron chi connectivity index (χ1n) is 5.69. The van der Waals surface area contributed by atoms with E-state index in [-0.39, 0.29) is 0 Å². The summed E-state index contributed by atoms with van der Waals surface area (Å²) in [5, 5.41) is 11.8. The Labute approximate surface area is 96.4 Å². The van der Waals surface area contributed by atoms with Crippen LogP contribution in [0.4, 0.5) is 0 Å². The smallest absolute Gasteiger partial charge is 0.120 e. The molecule has 0 radical (unpaired) electrons. The third-order valence-corrected chi connectivity index (χ3v) is 2.99. The molecule has 1 saturated heterocycles. The van der Waals surface area contributed by atoms with Crippen LogP contribution in [-0.2, 0) is 6.54 Å². The molecule has 1 aromatic carbocycles. The highest BCUT2D eigenvalue weighted by atomic mass is 16.3. The molecule has 4 nitrogen and oxygen atoms in total. The zero-order chi connectivity index (χ0) is 11.4. The van der Waals surface area contributed by atoms with Crippen LogP contribution in [0.3, 0.4) is 0 Å². The maximum atomic E-state index is 9.62. The van der Waals surface area contributed by atoms with Gasteiger partial charge in [-0.1, -0.05) is 18.2 Å². The van der Waals surface area contributed by atoms with E-state index in [1.165, 1.54) is 0 Å². The number of para-hydroxylation sites is 1. The number of hydrogen-bond donors (Lipinski definition) is 2. The normalized spacial score (nSPS) is 18.8. The fraction of sp³-hybridized carbons (Fsp3) is 0.500. The van der Waals surface area contributed by atoms with Gasteiger partial charge in [-0.2, -0.15) is 0 Å². The van der Waals surface area contributed by atoms with Gasteiger partial charge in [0.05, 0.1) is 0 Å². The van der Waals surface area contributed by atoms with Gasteiger partial charge in [0.15, 0.2) is 0 Å². The maximum absolute atomic E-state index is 9.62. The third kappa shape index (κ3) is 2.95. The Hall–Kier alpha value is -1.10. The fourth-order valence-electron chi connectivity index (χ4n) is 1.82. The molecule has 0 saturated carbocycles. The number of phenols is 1. The van der Waals surface area contributed by atoms with Crippen molar-refractivity contribution < 1.29 is 5.11 Å². The summed E-state index contributed by atoms with van der Waals surface area (Å²) in [6.07, 6.45) is 0. The van der Waals surface area contributed by atoms with Crippen molar-refractivity contribution in [1.29, 1.82) is 0 Å².